The minimum atomic E-state index is 0.0922. The fraction of sp³-hybridized carbons (Fsp3) is 0.192. The van der Waals surface area contributed by atoms with E-state index in [1.165, 1.54) is 235 Å². The van der Waals surface area contributed by atoms with Gasteiger partial charge in [-0.1, -0.05) is 267 Å². The van der Waals surface area contributed by atoms with Gasteiger partial charge < -0.3 is 22.1 Å². The fourth-order valence-corrected chi connectivity index (χ4v) is 22.0. The number of rotatable bonds is 8. The minimum absolute atomic E-state index is 0.0922. The Morgan fingerprint density at radius 1 is 0.279 bits per heavy atom. The zero-order chi connectivity index (χ0) is 96.4. The monoisotopic (exact) mass is 1830 g/mol. The van der Waals surface area contributed by atoms with Crippen molar-refractivity contribution in [2.45, 2.75) is 132 Å². The number of aryl methyl sites for hydroxylation is 12. The van der Waals surface area contributed by atoms with E-state index < -0.39 is 0 Å². The molecular weight excluding hydrogens is 1710 g/mol. The first-order chi connectivity index (χ1) is 67.9. The summed E-state index contributed by atoms with van der Waals surface area (Å²) in [5.74, 6) is 1.23. The molecule has 0 unspecified atom stereocenters. The van der Waals surface area contributed by atoms with E-state index in [-0.39, 0.29) is 5.41 Å². The highest BCUT2D eigenvalue weighted by Crippen LogP contribution is 2.48. The number of hydrogen-bond donors (Lipinski definition) is 0. The van der Waals surface area contributed by atoms with Crippen LogP contribution in [-0.2, 0) is 47.1 Å². The summed E-state index contributed by atoms with van der Waals surface area (Å²) < 4.78 is 43.9. The Kier molecular flexibility index (Phi) is 23.1. The molecule has 0 atom stereocenters. The number of benzene rings is 15. The Labute approximate surface area is 816 Å². The van der Waals surface area contributed by atoms with Crippen LogP contribution in [0.15, 0.2) is 356 Å². The third kappa shape index (κ3) is 15.8. The molecule has 0 aliphatic heterocycles. The van der Waals surface area contributed by atoms with Crippen molar-refractivity contribution in [3.05, 3.63) is 390 Å². The molecule has 688 valence electrons. The predicted octanol–water partition coefficient (Wildman–Crippen LogP) is 32.6. The maximum atomic E-state index is 6.60. The predicted molar refractivity (Wildman–Crippen MR) is 581 cm³/mol. The molecule has 0 spiro atoms. The molecule has 26 rings (SSSR count). The Balaban J connectivity index is 0.000000101. The number of nitrogens with zero attached hydrogens (tertiary/aromatic N) is 5. The van der Waals surface area contributed by atoms with Crippen molar-refractivity contribution in [2.24, 2.45) is 35.2 Å². The lowest BCUT2D eigenvalue weighted by atomic mass is 9.86. The maximum Gasteiger partial charge on any atom is 0.216 e. The van der Waals surface area contributed by atoms with Gasteiger partial charge in [-0.15, -0.1) is 0 Å². The van der Waals surface area contributed by atoms with Crippen molar-refractivity contribution < 1.29 is 44.9 Å². The van der Waals surface area contributed by atoms with E-state index in [1.54, 1.807) is 0 Å². The quantitative estimate of drug-likeness (QED) is 0.142. The summed E-state index contributed by atoms with van der Waals surface area (Å²) in [6.07, 6.45) is 17.5. The second kappa shape index (κ2) is 36.0. The molecule has 1 fully saturated rings. The third-order valence-electron chi connectivity index (χ3n) is 29.7. The first-order valence-electron chi connectivity index (χ1n) is 49.5. The third-order valence-corrected chi connectivity index (χ3v) is 29.7. The van der Waals surface area contributed by atoms with Crippen molar-refractivity contribution in [3.8, 4) is 56.3 Å². The van der Waals surface area contributed by atoms with Crippen LogP contribution < -0.4 is 22.8 Å². The highest BCUT2D eigenvalue weighted by Gasteiger charge is 2.31. The SMILES string of the molecule is CCc1ccc(-c2c(C)ccc3c2oc2c4ccccc4ccc32)[n+](C)c1.Cc1ccc(-c2c(C)ccc3c2oc2c4ccccc4ccc32)[n+](C)c1.Cc1ccc2c(oc3c4ccccc4ccc23)c1-c1cc(C(C)(C)C)cc[n+]1C.Cc1ccc2c(oc3c4ccccc4ccc23)c1-c1ccc(C(C)C)c[n+]1C.Cc1ccc2c(oc3c4ccccc4ccc23)c1-c1ccc(C2CCCC2)c[n+]1C. The largest absolute Gasteiger partial charge is 0.454 e. The van der Waals surface area contributed by atoms with Crippen LogP contribution in [0.3, 0.4) is 0 Å². The molecule has 0 N–H and O–H groups in total. The van der Waals surface area contributed by atoms with Crippen LogP contribution in [0.2, 0.25) is 0 Å². The van der Waals surface area contributed by atoms with Gasteiger partial charge in [0.05, 0.1) is 27.8 Å². The minimum Gasteiger partial charge on any atom is -0.454 e. The molecule has 0 radical (unpaired) electrons. The molecule has 0 bridgehead atoms. The molecule has 0 amide bonds. The molecule has 10 nitrogen and oxygen atoms in total. The summed E-state index contributed by atoms with van der Waals surface area (Å²) in [4.78, 5) is 0. The van der Waals surface area contributed by atoms with E-state index >= 15 is 0 Å². The second-order valence-corrected chi connectivity index (χ2v) is 40.3. The van der Waals surface area contributed by atoms with Gasteiger partial charge in [0.1, 0.15) is 91.1 Å². The van der Waals surface area contributed by atoms with E-state index in [1.807, 2.05) is 0 Å². The average molecular weight is 1830 g/mol. The Bertz CT molecular complexity index is 9300. The molecule has 1 aliphatic carbocycles. The van der Waals surface area contributed by atoms with Gasteiger partial charge in [-0.3, -0.25) is 0 Å². The van der Waals surface area contributed by atoms with Crippen molar-refractivity contribution in [2.75, 3.05) is 0 Å². The highest BCUT2D eigenvalue weighted by molar-refractivity contribution is 6.22. The molecule has 10 heterocycles. The van der Waals surface area contributed by atoms with Crippen LogP contribution in [0.25, 0.3) is 220 Å². The average Bonchev–Trinajstić information content (AvgIpc) is 1.61. The molecule has 10 aromatic heterocycles. The maximum absolute atomic E-state index is 6.60. The zero-order valence-electron chi connectivity index (χ0n) is 83.2. The summed E-state index contributed by atoms with van der Waals surface area (Å²) >= 11 is 0. The number of fused-ring (bicyclic) bond motifs is 25. The molecule has 15 aromatic carbocycles. The summed E-state index contributed by atoms with van der Waals surface area (Å²) in [5.41, 5.74) is 34.5. The second-order valence-electron chi connectivity index (χ2n) is 40.3. The molecule has 0 saturated heterocycles. The van der Waals surface area contributed by atoms with Gasteiger partial charge >= 0.3 is 0 Å². The fourth-order valence-electron chi connectivity index (χ4n) is 22.0. The van der Waals surface area contributed by atoms with E-state index in [9.17, 15) is 0 Å². The summed E-state index contributed by atoms with van der Waals surface area (Å²) in [6.45, 7) is 26.4. The lowest BCUT2D eigenvalue weighted by Crippen LogP contribution is -2.32. The number of aromatic nitrogens is 5. The highest BCUT2D eigenvalue weighted by atomic mass is 16.3. The smallest absolute Gasteiger partial charge is 0.216 e. The van der Waals surface area contributed by atoms with Gasteiger partial charge in [-0.2, -0.15) is 0 Å². The summed E-state index contributed by atoms with van der Waals surface area (Å²) in [6, 6.07) is 108. The van der Waals surface area contributed by atoms with Gasteiger partial charge in [0.15, 0.2) is 31.0 Å². The van der Waals surface area contributed by atoms with Crippen molar-refractivity contribution >= 4 is 164 Å². The van der Waals surface area contributed by atoms with Gasteiger partial charge in [0, 0.05) is 139 Å². The van der Waals surface area contributed by atoms with E-state index in [0.29, 0.717) is 5.92 Å². The lowest BCUT2D eigenvalue weighted by molar-refractivity contribution is -0.661. The van der Waals surface area contributed by atoms with Crippen LogP contribution in [0, 0.1) is 41.5 Å². The topological polar surface area (TPSA) is 85.1 Å². The Morgan fingerprint density at radius 2 is 0.571 bits per heavy atom. The summed E-state index contributed by atoms with van der Waals surface area (Å²) in [7, 11) is 10.6. The standard InChI is InChI=1S/C28H26NO.C27H26NO.C26H24NO.C25H22NO.C24H20NO/c1-18-11-14-24-23-15-12-20-9-5-6-10-22(20)27(23)30-28(24)26(18)25-16-13-21(17-29(25)2)19-7-3-4-8-19;1-17-10-12-22-21-13-11-18-8-6-7-9-20(18)25(21)29-26(22)24(17)23-16-19(27(2,3)4)14-15-28(23)5;1-16(2)19-11-14-23(27(4)15-19)24-17(3)9-12-22-21-13-10-18-7-5-6-8-20(18)25(21)28-26(22)24;1-4-17-10-14-22(26(3)15-17)23-16(2)9-12-21-20-13-11-18-7-5-6-8-19(18)24(20)27-25(21)23;1-15-8-13-21(25(3)14-15)22-16(2)9-11-20-19-12-10-17-6-4-5-7-18(17)23(19)26-24(20)22/h5-6,9-17,19H,3-4,7-8H2,1-2H3;6-16H,1-5H3;5-16H,1-4H3;5-15H,4H2,1-3H3;4-14H,1-3H3/q5*+1. The van der Waals surface area contributed by atoms with Crippen LogP contribution >= 0.6 is 0 Å². The number of hydrogen-bond acceptors (Lipinski definition) is 5. The molecular formula is C130H118N5O5+5. The van der Waals surface area contributed by atoms with E-state index in [4.69, 9.17) is 22.1 Å². The van der Waals surface area contributed by atoms with Crippen molar-refractivity contribution in [1.29, 1.82) is 0 Å². The van der Waals surface area contributed by atoms with Crippen LogP contribution in [0.4, 0.5) is 0 Å². The lowest BCUT2D eigenvalue weighted by Gasteiger charge is -2.19. The summed E-state index contributed by atoms with van der Waals surface area (Å²) in [5, 5.41) is 23.7. The molecule has 1 aliphatic rings. The van der Waals surface area contributed by atoms with Crippen molar-refractivity contribution in [3.63, 3.8) is 0 Å². The number of pyridine rings is 5. The van der Waals surface area contributed by atoms with Gasteiger partial charge in [-0.25, -0.2) is 22.8 Å². The van der Waals surface area contributed by atoms with Gasteiger partial charge in [0.25, 0.3) is 0 Å². The molecule has 1 saturated carbocycles. The van der Waals surface area contributed by atoms with E-state index in [0.717, 1.165) is 78.9 Å². The Hall–Kier alpha value is -15.7. The normalized spacial score (nSPS) is 12.6. The Morgan fingerprint density at radius 3 is 0.886 bits per heavy atom. The first kappa shape index (κ1) is 89.6. The van der Waals surface area contributed by atoms with Crippen LogP contribution in [0.5, 0.6) is 0 Å². The van der Waals surface area contributed by atoms with Crippen molar-refractivity contribution in [1.82, 2.24) is 0 Å². The molecule has 140 heavy (non-hydrogen) atoms. The first-order valence-corrected chi connectivity index (χ1v) is 49.5. The number of furan rings is 5. The molecule has 10 heteroatoms. The van der Waals surface area contributed by atoms with Gasteiger partial charge in [-0.05, 0) is 193 Å². The van der Waals surface area contributed by atoms with Crippen LogP contribution in [-0.4, -0.2) is 0 Å². The van der Waals surface area contributed by atoms with E-state index in [2.05, 4.69) is 475 Å². The zero-order valence-corrected chi connectivity index (χ0v) is 83.2. The van der Waals surface area contributed by atoms with Crippen LogP contribution in [0.1, 0.15) is 135 Å². The van der Waals surface area contributed by atoms with Gasteiger partial charge in [0.2, 0.25) is 28.5 Å². The molecule has 25 aromatic rings.